The van der Waals surface area contributed by atoms with Crippen LogP contribution in [-0.4, -0.2) is 31.2 Å². The van der Waals surface area contributed by atoms with Gasteiger partial charge in [0.05, 0.1) is 0 Å². The van der Waals surface area contributed by atoms with E-state index in [1.807, 2.05) is 13.0 Å². The van der Waals surface area contributed by atoms with Crippen molar-refractivity contribution in [1.29, 1.82) is 0 Å². The lowest BCUT2D eigenvalue weighted by atomic mass is 9.93. The summed E-state index contributed by atoms with van der Waals surface area (Å²) in [6.45, 7) is 2.58. The molecule has 0 radical (unpaired) electrons. The van der Waals surface area contributed by atoms with Gasteiger partial charge in [0.15, 0.2) is 0 Å². The van der Waals surface area contributed by atoms with E-state index in [0.717, 1.165) is 30.6 Å². The molecule has 1 aromatic heterocycles. The highest BCUT2D eigenvalue weighted by molar-refractivity contribution is 7.91. The molecular formula is C13H20ClNO2S2. The Kier molecular flexibility index (Phi) is 5.29. The predicted octanol–water partition coefficient (Wildman–Crippen LogP) is 3.48. The Bertz CT molecular complexity index is 508. The van der Waals surface area contributed by atoms with E-state index in [4.69, 9.17) is 11.6 Å². The summed E-state index contributed by atoms with van der Waals surface area (Å²) in [5.74, 6) is 0.503. The van der Waals surface area contributed by atoms with Crippen molar-refractivity contribution in [3.05, 3.63) is 17.0 Å². The van der Waals surface area contributed by atoms with Crippen LogP contribution in [0.4, 0.5) is 0 Å². The van der Waals surface area contributed by atoms with Crippen LogP contribution in [0.5, 0.6) is 0 Å². The zero-order valence-electron chi connectivity index (χ0n) is 11.1. The summed E-state index contributed by atoms with van der Waals surface area (Å²) in [6, 6.07) is 3.84. The molecule has 1 saturated carbocycles. The number of nitrogens with zero attached hydrogens (tertiary/aromatic N) is 1. The summed E-state index contributed by atoms with van der Waals surface area (Å²) >= 11 is 7.11. The van der Waals surface area contributed by atoms with E-state index < -0.39 is 10.0 Å². The molecule has 1 aliphatic rings. The van der Waals surface area contributed by atoms with Crippen molar-refractivity contribution in [2.45, 2.75) is 49.3 Å². The Morgan fingerprint density at radius 1 is 1.42 bits per heavy atom. The van der Waals surface area contributed by atoms with Gasteiger partial charge in [-0.05, 0) is 37.8 Å². The molecule has 1 aliphatic carbocycles. The van der Waals surface area contributed by atoms with Crippen LogP contribution in [0.15, 0.2) is 16.3 Å². The molecule has 0 bridgehead atoms. The maximum absolute atomic E-state index is 12.7. The lowest BCUT2D eigenvalue weighted by molar-refractivity contribution is 0.220. The normalized spacial score (nSPS) is 16.8. The first-order valence-corrected chi connectivity index (χ1v) is 9.55. The van der Waals surface area contributed by atoms with Crippen LogP contribution in [0.25, 0.3) is 0 Å². The van der Waals surface area contributed by atoms with Crippen LogP contribution in [-0.2, 0) is 16.4 Å². The minimum Gasteiger partial charge on any atom is -0.206 e. The Morgan fingerprint density at radius 2 is 2.16 bits per heavy atom. The summed E-state index contributed by atoms with van der Waals surface area (Å²) < 4.78 is 27.5. The van der Waals surface area contributed by atoms with E-state index in [2.05, 4.69) is 0 Å². The second-order valence-corrected chi connectivity index (χ2v) is 8.48. The summed E-state index contributed by atoms with van der Waals surface area (Å²) in [7, 11) is -3.33. The van der Waals surface area contributed by atoms with Crippen molar-refractivity contribution in [2.75, 3.05) is 12.4 Å². The quantitative estimate of drug-likeness (QED) is 0.721. The van der Waals surface area contributed by atoms with Crippen LogP contribution in [0.2, 0.25) is 0 Å². The van der Waals surface area contributed by atoms with Gasteiger partial charge in [0.2, 0.25) is 0 Å². The molecule has 1 fully saturated rings. The second kappa shape index (κ2) is 6.57. The van der Waals surface area contributed by atoms with E-state index in [1.165, 1.54) is 11.3 Å². The first kappa shape index (κ1) is 15.3. The van der Waals surface area contributed by atoms with Crippen molar-refractivity contribution in [3.63, 3.8) is 0 Å². The Hall–Kier alpha value is -0.100. The highest BCUT2D eigenvalue weighted by Crippen LogP contribution is 2.32. The number of halogens is 1. The molecule has 2 rings (SSSR count). The fourth-order valence-electron chi connectivity index (χ4n) is 2.19. The molecule has 3 nitrogen and oxygen atoms in total. The predicted molar refractivity (Wildman–Crippen MR) is 80.6 cm³/mol. The van der Waals surface area contributed by atoms with Crippen LogP contribution in [0.1, 0.15) is 37.5 Å². The van der Waals surface area contributed by atoms with E-state index in [-0.39, 0.29) is 6.04 Å². The largest absolute Gasteiger partial charge is 0.252 e. The number of hydrogen-bond donors (Lipinski definition) is 0. The minimum atomic E-state index is -3.33. The number of aryl methyl sites for hydroxylation is 1. The van der Waals surface area contributed by atoms with Crippen LogP contribution >= 0.6 is 22.9 Å². The number of alkyl halides is 1. The average molecular weight is 322 g/mol. The van der Waals surface area contributed by atoms with Gasteiger partial charge < -0.3 is 0 Å². The van der Waals surface area contributed by atoms with Crippen molar-refractivity contribution >= 4 is 33.0 Å². The van der Waals surface area contributed by atoms with Gasteiger partial charge >= 0.3 is 0 Å². The van der Waals surface area contributed by atoms with Crippen molar-refractivity contribution in [1.82, 2.24) is 4.31 Å². The number of sulfonamides is 1. The van der Waals surface area contributed by atoms with Crippen molar-refractivity contribution in [2.24, 2.45) is 0 Å². The molecular weight excluding hydrogens is 302 g/mol. The number of rotatable bonds is 7. The number of thiophene rings is 1. The molecule has 0 atom stereocenters. The van der Waals surface area contributed by atoms with Gasteiger partial charge in [-0.1, -0.05) is 13.3 Å². The lowest BCUT2D eigenvalue weighted by Crippen LogP contribution is -2.44. The molecule has 0 saturated heterocycles. The maximum atomic E-state index is 12.7. The third-order valence-electron chi connectivity index (χ3n) is 3.54. The van der Waals surface area contributed by atoms with Crippen molar-refractivity contribution < 1.29 is 8.42 Å². The SMILES string of the molecule is CCc1ccc(S(=O)(=O)N(CCCCl)C2CCC2)s1. The molecule has 0 unspecified atom stereocenters. The molecule has 0 amide bonds. The van der Waals surface area contributed by atoms with Gasteiger partial charge in [-0.25, -0.2) is 8.42 Å². The summed E-state index contributed by atoms with van der Waals surface area (Å²) in [5.41, 5.74) is 0. The zero-order chi connectivity index (χ0) is 13.9. The molecule has 6 heteroatoms. The van der Waals surface area contributed by atoms with E-state index in [1.54, 1.807) is 10.4 Å². The van der Waals surface area contributed by atoms with E-state index >= 15 is 0 Å². The molecule has 1 aromatic rings. The van der Waals surface area contributed by atoms with Crippen molar-refractivity contribution in [3.8, 4) is 0 Å². The Balaban J connectivity index is 2.22. The lowest BCUT2D eigenvalue weighted by Gasteiger charge is -2.36. The first-order chi connectivity index (χ1) is 9.09. The van der Waals surface area contributed by atoms with Gasteiger partial charge in [0.25, 0.3) is 10.0 Å². The molecule has 0 spiro atoms. The highest BCUT2D eigenvalue weighted by Gasteiger charge is 2.35. The topological polar surface area (TPSA) is 37.4 Å². The fourth-order valence-corrected chi connectivity index (χ4v) is 5.46. The Morgan fingerprint density at radius 3 is 2.63 bits per heavy atom. The highest BCUT2D eigenvalue weighted by atomic mass is 35.5. The molecule has 0 aliphatic heterocycles. The monoisotopic (exact) mass is 321 g/mol. The smallest absolute Gasteiger partial charge is 0.206 e. The third-order valence-corrected chi connectivity index (χ3v) is 7.46. The van der Waals surface area contributed by atoms with Crippen LogP contribution < -0.4 is 0 Å². The van der Waals surface area contributed by atoms with Gasteiger partial charge in [0, 0.05) is 23.3 Å². The van der Waals surface area contributed by atoms with E-state index in [0.29, 0.717) is 23.1 Å². The Labute approximate surface area is 124 Å². The minimum absolute atomic E-state index is 0.181. The molecule has 0 aromatic carbocycles. The van der Waals surface area contributed by atoms with Gasteiger partial charge in [0.1, 0.15) is 4.21 Å². The molecule has 0 N–H and O–H groups in total. The number of hydrogen-bond acceptors (Lipinski definition) is 3. The maximum Gasteiger partial charge on any atom is 0.252 e. The standard InChI is InChI=1S/C13H20ClNO2S2/c1-2-12-7-8-13(18-12)19(16,17)15(10-4-9-14)11-5-3-6-11/h7-8,11H,2-6,9-10H2,1H3. The van der Waals surface area contributed by atoms with Gasteiger partial charge in [-0.3, -0.25) is 0 Å². The second-order valence-electron chi connectivity index (χ2n) is 4.82. The van der Waals surface area contributed by atoms with Crippen LogP contribution in [0.3, 0.4) is 0 Å². The first-order valence-electron chi connectivity index (χ1n) is 6.76. The summed E-state index contributed by atoms with van der Waals surface area (Å²) in [4.78, 5) is 1.12. The average Bonchev–Trinajstić information content (AvgIpc) is 2.81. The molecule has 108 valence electrons. The van der Waals surface area contributed by atoms with E-state index in [9.17, 15) is 8.42 Å². The van der Waals surface area contributed by atoms with Gasteiger partial charge in [-0.15, -0.1) is 22.9 Å². The molecule has 1 heterocycles. The fraction of sp³-hybridized carbons (Fsp3) is 0.692. The zero-order valence-corrected chi connectivity index (χ0v) is 13.5. The molecule has 19 heavy (non-hydrogen) atoms. The summed E-state index contributed by atoms with van der Waals surface area (Å²) in [5, 5.41) is 0. The van der Waals surface area contributed by atoms with Crippen LogP contribution in [0, 0.1) is 0 Å². The summed E-state index contributed by atoms with van der Waals surface area (Å²) in [6.07, 6.45) is 4.68. The van der Waals surface area contributed by atoms with Gasteiger partial charge in [-0.2, -0.15) is 4.31 Å². The third kappa shape index (κ3) is 3.32.